The molecule has 0 spiro atoms. The Balaban J connectivity index is 0.00000200. The Hall–Kier alpha value is -1.55. The van der Waals surface area contributed by atoms with Gasteiger partial charge in [0.15, 0.2) is 5.96 Å². The highest BCUT2D eigenvalue weighted by atomic mass is 127. The first kappa shape index (κ1) is 16.5. The Morgan fingerprint density at radius 2 is 2.15 bits per heavy atom. The summed E-state index contributed by atoms with van der Waals surface area (Å²) >= 11 is 0. The van der Waals surface area contributed by atoms with Crippen LogP contribution in [0.15, 0.2) is 41.4 Å². The number of nitrogens with one attached hydrogen (secondary N) is 2. The molecular formula is C15H19IN4. The van der Waals surface area contributed by atoms with Gasteiger partial charge in [-0.1, -0.05) is 24.3 Å². The Labute approximate surface area is 137 Å². The zero-order chi connectivity index (χ0) is 13.5. The molecule has 0 saturated heterocycles. The minimum Gasteiger partial charge on any atom is -0.353 e. The van der Waals surface area contributed by atoms with Crippen molar-refractivity contribution < 1.29 is 0 Å². The second-order valence-corrected chi connectivity index (χ2v) is 4.52. The van der Waals surface area contributed by atoms with Crippen LogP contribution < -0.4 is 10.6 Å². The van der Waals surface area contributed by atoms with Crippen molar-refractivity contribution in [3.8, 4) is 6.07 Å². The van der Waals surface area contributed by atoms with Gasteiger partial charge >= 0.3 is 0 Å². The summed E-state index contributed by atoms with van der Waals surface area (Å²) in [6.45, 7) is 0.662. The van der Waals surface area contributed by atoms with Crippen LogP contribution in [0.5, 0.6) is 0 Å². The number of aliphatic imine (C=N–C) groups is 1. The first-order valence-electron chi connectivity index (χ1n) is 6.43. The minimum atomic E-state index is 0. The predicted molar refractivity (Wildman–Crippen MR) is 92.1 cm³/mol. The lowest BCUT2D eigenvalue weighted by molar-refractivity contribution is 0.633. The summed E-state index contributed by atoms with van der Waals surface area (Å²) in [5, 5.41) is 15.5. The van der Waals surface area contributed by atoms with E-state index in [9.17, 15) is 0 Å². The average Bonchev–Trinajstić information content (AvgIpc) is 2.96. The van der Waals surface area contributed by atoms with E-state index in [2.05, 4.69) is 33.8 Å². The maximum Gasteiger partial charge on any atom is 0.191 e. The molecule has 0 saturated carbocycles. The van der Waals surface area contributed by atoms with Gasteiger partial charge in [-0.3, -0.25) is 4.99 Å². The van der Waals surface area contributed by atoms with Crippen LogP contribution in [0.4, 0.5) is 0 Å². The van der Waals surface area contributed by atoms with Crippen molar-refractivity contribution in [2.75, 3.05) is 7.05 Å². The molecule has 0 heterocycles. The molecule has 5 heteroatoms. The molecule has 0 aromatic heterocycles. The number of rotatable bonds is 3. The van der Waals surface area contributed by atoms with Gasteiger partial charge in [0.05, 0.1) is 11.6 Å². The number of nitrogens with zero attached hydrogens (tertiary/aromatic N) is 2. The van der Waals surface area contributed by atoms with Crippen molar-refractivity contribution in [1.29, 1.82) is 5.26 Å². The summed E-state index contributed by atoms with van der Waals surface area (Å²) in [5.74, 6) is 0.802. The van der Waals surface area contributed by atoms with E-state index in [1.165, 1.54) is 0 Å². The van der Waals surface area contributed by atoms with Gasteiger partial charge in [-0.15, -0.1) is 24.0 Å². The summed E-state index contributed by atoms with van der Waals surface area (Å²) in [5.41, 5.74) is 1.76. The van der Waals surface area contributed by atoms with Crippen LogP contribution in [0.2, 0.25) is 0 Å². The molecule has 1 aromatic rings. The van der Waals surface area contributed by atoms with E-state index in [0.717, 1.165) is 24.4 Å². The average molecular weight is 382 g/mol. The monoisotopic (exact) mass is 382 g/mol. The molecule has 2 rings (SSSR count). The highest BCUT2D eigenvalue weighted by Gasteiger charge is 2.11. The smallest absolute Gasteiger partial charge is 0.191 e. The second kappa shape index (κ2) is 8.59. The summed E-state index contributed by atoms with van der Waals surface area (Å²) in [7, 11) is 1.77. The van der Waals surface area contributed by atoms with Gasteiger partial charge in [0, 0.05) is 19.6 Å². The van der Waals surface area contributed by atoms with Crippen molar-refractivity contribution in [2.45, 2.75) is 25.4 Å². The summed E-state index contributed by atoms with van der Waals surface area (Å²) in [4.78, 5) is 4.21. The van der Waals surface area contributed by atoms with Crippen molar-refractivity contribution in [1.82, 2.24) is 10.6 Å². The standard InChI is InChI=1S/C15H18N4.HI/c1-17-15(19-14-7-2-3-8-14)18-11-13-6-4-5-12(9-13)10-16;/h2-6,9,14H,7-8,11H2,1H3,(H2,17,18,19);1H. The summed E-state index contributed by atoms with van der Waals surface area (Å²) in [6, 6.07) is 10.2. The maximum atomic E-state index is 8.86. The molecule has 1 aromatic carbocycles. The lowest BCUT2D eigenvalue weighted by Gasteiger charge is -2.16. The fourth-order valence-electron chi connectivity index (χ4n) is 2.06. The molecule has 1 aliphatic carbocycles. The molecule has 20 heavy (non-hydrogen) atoms. The largest absolute Gasteiger partial charge is 0.353 e. The van der Waals surface area contributed by atoms with Crippen molar-refractivity contribution in [2.24, 2.45) is 4.99 Å². The van der Waals surface area contributed by atoms with Crippen LogP contribution in [-0.4, -0.2) is 19.0 Å². The fraction of sp³-hybridized carbons (Fsp3) is 0.333. The zero-order valence-corrected chi connectivity index (χ0v) is 13.8. The van der Waals surface area contributed by atoms with Gasteiger partial charge in [0.25, 0.3) is 0 Å². The molecule has 0 radical (unpaired) electrons. The van der Waals surface area contributed by atoms with E-state index in [0.29, 0.717) is 18.2 Å². The maximum absolute atomic E-state index is 8.86. The first-order chi connectivity index (χ1) is 9.31. The minimum absolute atomic E-state index is 0. The van der Waals surface area contributed by atoms with Gasteiger partial charge in [-0.2, -0.15) is 5.26 Å². The van der Waals surface area contributed by atoms with Gasteiger partial charge < -0.3 is 10.6 Å². The van der Waals surface area contributed by atoms with E-state index in [1.807, 2.05) is 18.2 Å². The summed E-state index contributed by atoms with van der Waals surface area (Å²) in [6.07, 6.45) is 6.46. The van der Waals surface area contributed by atoms with Gasteiger partial charge in [-0.25, -0.2) is 0 Å². The third-order valence-corrected chi connectivity index (χ3v) is 3.09. The topological polar surface area (TPSA) is 60.2 Å². The SMILES string of the molecule is CN=C(NCc1cccc(C#N)c1)NC1CC=CC1.I. The second-order valence-electron chi connectivity index (χ2n) is 4.52. The highest BCUT2D eigenvalue weighted by Crippen LogP contribution is 2.09. The number of guanidine groups is 1. The molecule has 0 atom stereocenters. The molecule has 0 aliphatic heterocycles. The third-order valence-electron chi connectivity index (χ3n) is 3.09. The predicted octanol–water partition coefficient (Wildman–Crippen LogP) is 2.56. The van der Waals surface area contributed by atoms with Gasteiger partial charge in [0.1, 0.15) is 0 Å². The molecule has 0 fully saturated rings. The van der Waals surface area contributed by atoms with Crippen LogP contribution in [0.25, 0.3) is 0 Å². The Morgan fingerprint density at radius 3 is 2.80 bits per heavy atom. The molecule has 2 N–H and O–H groups in total. The molecule has 1 aliphatic rings. The van der Waals surface area contributed by atoms with Gasteiger partial charge in [0.2, 0.25) is 0 Å². The molecule has 0 amide bonds. The lowest BCUT2D eigenvalue weighted by atomic mass is 10.1. The lowest BCUT2D eigenvalue weighted by Crippen LogP contribution is -2.42. The van der Waals surface area contributed by atoms with Crippen molar-refractivity contribution in [3.63, 3.8) is 0 Å². The van der Waals surface area contributed by atoms with E-state index >= 15 is 0 Å². The Kier molecular flexibility index (Phi) is 7.09. The number of benzene rings is 1. The molecule has 4 nitrogen and oxygen atoms in total. The van der Waals surface area contributed by atoms with E-state index in [-0.39, 0.29) is 24.0 Å². The number of hydrogen-bond donors (Lipinski definition) is 2. The van der Waals surface area contributed by atoms with Crippen LogP contribution in [-0.2, 0) is 6.54 Å². The summed E-state index contributed by atoms with van der Waals surface area (Å²) < 4.78 is 0. The molecule has 106 valence electrons. The molecule has 0 bridgehead atoms. The Morgan fingerprint density at radius 1 is 1.40 bits per heavy atom. The number of hydrogen-bond acceptors (Lipinski definition) is 2. The van der Waals surface area contributed by atoms with E-state index in [1.54, 1.807) is 13.1 Å². The normalized spacial score (nSPS) is 14.5. The molecular weight excluding hydrogens is 363 g/mol. The quantitative estimate of drug-likeness (QED) is 0.366. The van der Waals surface area contributed by atoms with E-state index < -0.39 is 0 Å². The van der Waals surface area contributed by atoms with Crippen LogP contribution in [0, 0.1) is 11.3 Å². The Bertz CT molecular complexity index is 523. The van der Waals surface area contributed by atoms with Crippen LogP contribution >= 0.6 is 24.0 Å². The van der Waals surface area contributed by atoms with Crippen LogP contribution in [0.3, 0.4) is 0 Å². The first-order valence-corrected chi connectivity index (χ1v) is 6.43. The van der Waals surface area contributed by atoms with Crippen molar-refractivity contribution >= 4 is 29.9 Å². The van der Waals surface area contributed by atoms with E-state index in [4.69, 9.17) is 5.26 Å². The number of nitriles is 1. The molecule has 0 unspecified atom stereocenters. The fourth-order valence-corrected chi connectivity index (χ4v) is 2.06. The zero-order valence-electron chi connectivity index (χ0n) is 11.5. The highest BCUT2D eigenvalue weighted by molar-refractivity contribution is 14.0. The van der Waals surface area contributed by atoms with Gasteiger partial charge in [-0.05, 0) is 30.5 Å². The van der Waals surface area contributed by atoms with Crippen LogP contribution in [0.1, 0.15) is 24.0 Å². The number of halogens is 1. The van der Waals surface area contributed by atoms with Crippen molar-refractivity contribution in [3.05, 3.63) is 47.5 Å². The third kappa shape index (κ3) is 4.85.